The van der Waals surface area contributed by atoms with Gasteiger partial charge in [-0.05, 0) is 24.3 Å². The highest BCUT2D eigenvalue weighted by molar-refractivity contribution is 7.09. The van der Waals surface area contributed by atoms with Crippen molar-refractivity contribution >= 4 is 11.3 Å². The molecule has 1 aromatic heterocycles. The molecule has 0 saturated carbocycles. The second-order valence-corrected chi connectivity index (χ2v) is 6.28. The van der Waals surface area contributed by atoms with Gasteiger partial charge in [-0.1, -0.05) is 19.9 Å². The number of thiophene rings is 1. The monoisotopic (exact) mass is 301 g/mol. The van der Waals surface area contributed by atoms with E-state index in [1.807, 2.05) is 17.5 Å². The summed E-state index contributed by atoms with van der Waals surface area (Å²) in [5.74, 6) is 0. The summed E-state index contributed by atoms with van der Waals surface area (Å²) in [5, 5.41) is 24.6. The molecule has 116 valence electrons. The molecule has 0 aromatic carbocycles. The van der Waals surface area contributed by atoms with Crippen LogP contribution in [0.2, 0.25) is 0 Å². The summed E-state index contributed by atoms with van der Waals surface area (Å²) >= 11 is 1.65. The van der Waals surface area contributed by atoms with Gasteiger partial charge in [0.2, 0.25) is 0 Å². The fraction of sp³-hybridized carbons (Fsp3) is 0.733. The number of ether oxygens (including phenoxy) is 1. The fourth-order valence-corrected chi connectivity index (χ4v) is 2.67. The quantitative estimate of drug-likeness (QED) is 0.585. The lowest BCUT2D eigenvalue weighted by Crippen LogP contribution is -2.40. The van der Waals surface area contributed by atoms with Crippen molar-refractivity contribution in [3.05, 3.63) is 22.4 Å². The molecule has 1 unspecified atom stereocenters. The molecule has 0 radical (unpaired) electrons. The summed E-state index contributed by atoms with van der Waals surface area (Å²) < 4.78 is 5.47. The number of aliphatic hydroxyl groups is 2. The Morgan fingerprint density at radius 3 is 2.70 bits per heavy atom. The van der Waals surface area contributed by atoms with E-state index < -0.39 is 6.10 Å². The average Bonchev–Trinajstić information content (AvgIpc) is 2.97. The summed E-state index contributed by atoms with van der Waals surface area (Å²) in [6, 6.07) is 4.01. The van der Waals surface area contributed by atoms with Gasteiger partial charge in [0, 0.05) is 30.0 Å². The second kappa shape index (κ2) is 9.47. The van der Waals surface area contributed by atoms with Gasteiger partial charge in [0.1, 0.15) is 0 Å². The van der Waals surface area contributed by atoms with Crippen molar-refractivity contribution < 1.29 is 14.9 Å². The van der Waals surface area contributed by atoms with Gasteiger partial charge in [-0.2, -0.15) is 0 Å². The van der Waals surface area contributed by atoms with Crippen LogP contribution in [0.25, 0.3) is 0 Å². The van der Waals surface area contributed by atoms with Crippen LogP contribution in [0.4, 0.5) is 0 Å². The molecule has 0 aliphatic carbocycles. The van der Waals surface area contributed by atoms with Crippen LogP contribution in [0.15, 0.2) is 17.5 Å². The summed E-state index contributed by atoms with van der Waals surface area (Å²) in [6.45, 7) is 6.45. The molecule has 0 aliphatic rings. The smallest absolute Gasteiger partial charge is 0.0897 e. The molecule has 1 rings (SSSR count). The standard InChI is InChI=1S/C15H27NO3S/c1-3-15(4-2,12-17)11-16-8-13(18)9-19-10-14-6-5-7-20-14/h5-7,13,16-18H,3-4,8-12H2,1-2H3. The number of hydrogen-bond acceptors (Lipinski definition) is 5. The normalized spacial score (nSPS) is 13.6. The highest BCUT2D eigenvalue weighted by Gasteiger charge is 2.24. The SMILES string of the molecule is CCC(CC)(CO)CNCC(O)COCc1cccs1. The van der Waals surface area contributed by atoms with Gasteiger partial charge in [-0.25, -0.2) is 0 Å². The van der Waals surface area contributed by atoms with Crippen LogP contribution in [-0.2, 0) is 11.3 Å². The number of nitrogens with one attached hydrogen (secondary N) is 1. The Morgan fingerprint density at radius 1 is 1.40 bits per heavy atom. The van der Waals surface area contributed by atoms with Crippen LogP contribution in [0.3, 0.4) is 0 Å². The Hall–Kier alpha value is -0.460. The largest absolute Gasteiger partial charge is 0.396 e. The lowest BCUT2D eigenvalue weighted by molar-refractivity contribution is 0.0266. The summed E-state index contributed by atoms with van der Waals surface area (Å²) in [6.07, 6.45) is 1.34. The lowest BCUT2D eigenvalue weighted by Gasteiger charge is -2.30. The molecule has 3 N–H and O–H groups in total. The van der Waals surface area contributed by atoms with E-state index in [0.717, 1.165) is 19.4 Å². The van der Waals surface area contributed by atoms with Gasteiger partial charge in [-0.15, -0.1) is 11.3 Å². The minimum Gasteiger partial charge on any atom is -0.396 e. The van der Waals surface area contributed by atoms with Crippen LogP contribution in [0, 0.1) is 5.41 Å². The van der Waals surface area contributed by atoms with Gasteiger partial charge in [-0.3, -0.25) is 0 Å². The van der Waals surface area contributed by atoms with Crippen molar-refractivity contribution in [3.63, 3.8) is 0 Å². The highest BCUT2D eigenvalue weighted by Crippen LogP contribution is 2.24. The average molecular weight is 301 g/mol. The number of rotatable bonds is 11. The molecule has 5 heteroatoms. The third-order valence-corrected chi connectivity index (χ3v) is 4.70. The molecule has 0 spiro atoms. The molecule has 0 saturated heterocycles. The number of aliphatic hydroxyl groups excluding tert-OH is 2. The van der Waals surface area contributed by atoms with Gasteiger partial charge in [0.15, 0.2) is 0 Å². The van der Waals surface area contributed by atoms with E-state index in [1.54, 1.807) is 11.3 Å². The molecule has 0 bridgehead atoms. The fourth-order valence-electron chi connectivity index (χ4n) is 2.03. The molecule has 20 heavy (non-hydrogen) atoms. The number of hydrogen-bond donors (Lipinski definition) is 3. The Kier molecular flexibility index (Phi) is 8.33. The molecular weight excluding hydrogens is 274 g/mol. The lowest BCUT2D eigenvalue weighted by atomic mass is 9.83. The predicted octanol–water partition coefficient (Wildman–Crippen LogP) is 2.01. The van der Waals surface area contributed by atoms with Gasteiger partial charge >= 0.3 is 0 Å². The zero-order valence-electron chi connectivity index (χ0n) is 12.5. The minimum absolute atomic E-state index is 0.0719. The maximum absolute atomic E-state index is 9.85. The van der Waals surface area contributed by atoms with Crippen LogP contribution in [0.5, 0.6) is 0 Å². The Labute approximate surface area is 125 Å². The van der Waals surface area contributed by atoms with E-state index in [2.05, 4.69) is 19.2 Å². The first-order valence-electron chi connectivity index (χ1n) is 7.25. The third kappa shape index (κ3) is 5.89. The molecular formula is C15H27NO3S. The van der Waals surface area contributed by atoms with Gasteiger partial charge in [0.25, 0.3) is 0 Å². The van der Waals surface area contributed by atoms with Crippen LogP contribution < -0.4 is 5.32 Å². The molecule has 0 fully saturated rings. The first-order chi connectivity index (χ1) is 9.65. The van der Waals surface area contributed by atoms with E-state index >= 15 is 0 Å². The van der Waals surface area contributed by atoms with Crippen LogP contribution >= 0.6 is 11.3 Å². The first-order valence-corrected chi connectivity index (χ1v) is 8.13. The molecule has 1 atom stereocenters. The van der Waals surface area contributed by atoms with E-state index in [-0.39, 0.29) is 12.0 Å². The highest BCUT2D eigenvalue weighted by atomic mass is 32.1. The topological polar surface area (TPSA) is 61.7 Å². The van der Waals surface area contributed by atoms with Gasteiger partial charge < -0.3 is 20.3 Å². The maximum atomic E-state index is 9.85. The predicted molar refractivity (Wildman–Crippen MR) is 83.0 cm³/mol. The van der Waals surface area contributed by atoms with Gasteiger partial charge in [0.05, 0.1) is 19.3 Å². The molecule has 0 aliphatic heterocycles. The summed E-state index contributed by atoms with van der Waals surface area (Å²) in [7, 11) is 0. The zero-order valence-corrected chi connectivity index (χ0v) is 13.3. The van der Waals surface area contributed by atoms with Crippen LogP contribution in [0.1, 0.15) is 31.6 Å². The van der Waals surface area contributed by atoms with E-state index in [0.29, 0.717) is 19.8 Å². The van der Waals surface area contributed by atoms with E-state index in [4.69, 9.17) is 4.74 Å². The van der Waals surface area contributed by atoms with Crippen LogP contribution in [-0.4, -0.2) is 42.6 Å². The van der Waals surface area contributed by atoms with Crippen molar-refractivity contribution in [2.75, 3.05) is 26.3 Å². The Bertz CT molecular complexity index is 331. The molecule has 0 amide bonds. The van der Waals surface area contributed by atoms with E-state index in [1.165, 1.54) is 4.88 Å². The molecule has 4 nitrogen and oxygen atoms in total. The van der Waals surface area contributed by atoms with Crippen molar-refractivity contribution in [2.45, 2.75) is 39.4 Å². The summed E-state index contributed by atoms with van der Waals surface area (Å²) in [4.78, 5) is 1.17. The maximum Gasteiger partial charge on any atom is 0.0897 e. The molecule has 1 aromatic rings. The minimum atomic E-state index is -0.514. The second-order valence-electron chi connectivity index (χ2n) is 5.24. The van der Waals surface area contributed by atoms with Crippen molar-refractivity contribution in [1.82, 2.24) is 5.32 Å². The molecule has 1 heterocycles. The van der Waals surface area contributed by atoms with Crippen molar-refractivity contribution in [2.24, 2.45) is 5.41 Å². The Morgan fingerprint density at radius 2 is 2.15 bits per heavy atom. The van der Waals surface area contributed by atoms with Crippen molar-refractivity contribution in [3.8, 4) is 0 Å². The Balaban J connectivity index is 2.14. The van der Waals surface area contributed by atoms with E-state index in [9.17, 15) is 10.2 Å². The third-order valence-electron chi connectivity index (χ3n) is 3.85. The van der Waals surface area contributed by atoms with Crippen molar-refractivity contribution in [1.29, 1.82) is 0 Å². The summed E-state index contributed by atoms with van der Waals surface area (Å²) in [5.41, 5.74) is -0.0719. The zero-order chi connectivity index (χ0) is 14.8. The first kappa shape index (κ1) is 17.6.